The number of hydrogen-bond donors (Lipinski definition) is 3. The highest BCUT2D eigenvalue weighted by Gasteiger charge is 2.32. The number of nitrogens with one attached hydrogen (secondary N) is 2. The zero-order valence-corrected chi connectivity index (χ0v) is 18.4. The summed E-state index contributed by atoms with van der Waals surface area (Å²) in [6.07, 6.45) is -4.82. The zero-order chi connectivity index (χ0) is 23.1. The maximum absolute atomic E-state index is 12.8. The molecule has 0 spiro atoms. The lowest BCUT2D eigenvalue weighted by atomic mass is 10.2. The highest BCUT2D eigenvalue weighted by atomic mass is 32.2. The van der Waals surface area contributed by atoms with Crippen LogP contribution in [0.15, 0.2) is 44.9 Å². The number of H-pyrrole nitrogens is 1. The number of alkyl halides is 3. The van der Waals surface area contributed by atoms with Crippen LogP contribution in [0.25, 0.3) is 10.9 Å². The van der Waals surface area contributed by atoms with Crippen LogP contribution >= 0.6 is 23.1 Å². The number of thiophene rings is 1. The van der Waals surface area contributed by atoms with E-state index in [0.717, 1.165) is 23.5 Å². The first-order valence-electron chi connectivity index (χ1n) is 8.99. The summed E-state index contributed by atoms with van der Waals surface area (Å²) in [5, 5.41) is 2.25. The molecule has 170 valence electrons. The van der Waals surface area contributed by atoms with Crippen LogP contribution in [0.2, 0.25) is 0 Å². The van der Waals surface area contributed by atoms with Gasteiger partial charge < -0.3 is 15.5 Å². The van der Waals surface area contributed by atoms with Crippen molar-refractivity contribution in [2.45, 2.75) is 22.2 Å². The molecule has 2 aromatic heterocycles. The fraction of sp³-hybridized carbons (Fsp3) is 0.222. The second-order valence-electron chi connectivity index (χ2n) is 6.76. The summed E-state index contributed by atoms with van der Waals surface area (Å²) in [5.41, 5.74) is 5.84. The number of carbonyl (C=O) groups excluding carboxylic acids is 1. The molecule has 0 saturated heterocycles. The summed E-state index contributed by atoms with van der Waals surface area (Å²) in [4.78, 5) is 18.5. The first-order chi connectivity index (χ1) is 15.0. The number of thioether (sulfide) groups is 1. The quantitative estimate of drug-likeness (QED) is 0.453. The van der Waals surface area contributed by atoms with E-state index in [1.54, 1.807) is 17.5 Å². The standard InChI is InChI=1S/C18H15F3N4O4S3/c19-18(20,21)29-10-4-9-5-13(17-23-8-11(31-17)7-14(22)26)24-16(9)12(6-10)25-32(27,28)15-2-1-3-30-15/h1-6,11,24-25H,7-8H2,(H2,22,26). The van der Waals surface area contributed by atoms with E-state index in [9.17, 15) is 26.4 Å². The van der Waals surface area contributed by atoms with E-state index in [1.165, 1.54) is 17.8 Å². The van der Waals surface area contributed by atoms with Crippen molar-refractivity contribution < 1.29 is 31.1 Å². The molecule has 1 aliphatic heterocycles. The molecule has 1 atom stereocenters. The Kier molecular flexibility index (Phi) is 5.85. The smallest absolute Gasteiger partial charge is 0.406 e. The lowest BCUT2D eigenvalue weighted by molar-refractivity contribution is -0.274. The Morgan fingerprint density at radius 3 is 2.78 bits per heavy atom. The fourth-order valence-corrected chi connectivity index (χ4v) is 6.27. The van der Waals surface area contributed by atoms with Gasteiger partial charge in [-0.25, -0.2) is 8.42 Å². The van der Waals surface area contributed by atoms with Gasteiger partial charge in [-0.15, -0.1) is 24.5 Å². The summed E-state index contributed by atoms with van der Waals surface area (Å²) in [6, 6.07) is 6.57. The maximum Gasteiger partial charge on any atom is 0.573 e. The highest BCUT2D eigenvalue weighted by molar-refractivity contribution is 8.15. The Hall–Kier alpha value is -2.71. The number of hydrogen-bond acceptors (Lipinski definition) is 7. The predicted octanol–water partition coefficient (Wildman–Crippen LogP) is 3.67. The van der Waals surface area contributed by atoms with Gasteiger partial charge in [-0.3, -0.25) is 14.5 Å². The summed E-state index contributed by atoms with van der Waals surface area (Å²) >= 11 is 2.28. The van der Waals surface area contributed by atoms with Gasteiger partial charge in [-0.2, -0.15) is 0 Å². The number of aliphatic imine (C=N–C) groups is 1. The number of nitrogens with two attached hydrogens (primary N) is 1. The normalized spacial score (nSPS) is 16.8. The van der Waals surface area contributed by atoms with Crippen LogP contribution in [0.4, 0.5) is 18.9 Å². The topological polar surface area (TPSA) is 127 Å². The summed E-state index contributed by atoms with van der Waals surface area (Å²) in [6.45, 7) is 0.360. The van der Waals surface area contributed by atoms with E-state index in [2.05, 4.69) is 19.4 Å². The molecule has 0 radical (unpaired) electrons. The molecule has 14 heteroatoms. The zero-order valence-electron chi connectivity index (χ0n) is 16.0. The molecular formula is C18H15F3N4O4S3. The third-order valence-corrected chi connectivity index (χ3v) is 8.30. The Bertz CT molecular complexity index is 1300. The first-order valence-corrected chi connectivity index (χ1v) is 12.2. The molecule has 8 nitrogen and oxygen atoms in total. The number of benzene rings is 1. The third kappa shape index (κ3) is 5.02. The fourth-order valence-electron chi connectivity index (χ4n) is 3.11. The number of amides is 1. The van der Waals surface area contributed by atoms with Crippen LogP contribution in [0.1, 0.15) is 12.1 Å². The van der Waals surface area contributed by atoms with Crippen LogP contribution in [0, 0.1) is 0 Å². The van der Waals surface area contributed by atoms with Gasteiger partial charge in [0.05, 0.1) is 23.4 Å². The average molecular weight is 505 g/mol. The molecule has 4 N–H and O–H groups in total. The Labute approximate surface area is 188 Å². The van der Waals surface area contributed by atoms with Crippen molar-refractivity contribution in [3.63, 3.8) is 0 Å². The van der Waals surface area contributed by atoms with E-state index in [1.807, 2.05) is 0 Å². The number of sulfonamides is 1. The van der Waals surface area contributed by atoms with Gasteiger partial charge in [0.25, 0.3) is 10.0 Å². The highest BCUT2D eigenvalue weighted by Crippen LogP contribution is 2.36. The second kappa shape index (κ2) is 8.33. The molecule has 1 amide bonds. The minimum absolute atomic E-state index is 0.00425. The largest absolute Gasteiger partial charge is 0.573 e. The molecule has 1 unspecified atom stereocenters. The lowest BCUT2D eigenvalue weighted by Crippen LogP contribution is -2.18. The number of ether oxygens (including phenoxy) is 1. The van der Waals surface area contributed by atoms with E-state index in [-0.39, 0.29) is 32.5 Å². The van der Waals surface area contributed by atoms with Crippen molar-refractivity contribution in [3.8, 4) is 5.75 Å². The SMILES string of the molecule is NC(=O)CC1CN=C(c2cc3cc(OC(F)(F)F)cc(NS(=O)(=O)c4cccs4)c3[nH]2)S1. The van der Waals surface area contributed by atoms with E-state index in [0.29, 0.717) is 17.3 Å². The molecule has 1 aromatic carbocycles. The number of aromatic nitrogens is 1. The molecule has 32 heavy (non-hydrogen) atoms. The Morgan fingerprint density at radius 2 is 2.12 bits per heavy atom. The molecule has 0 saturated carbocycles. The molecule has 0 bridgehead atoms. The van der Waals surface area contributed by atoms with Crippen LogP contribution in [-0.2, 0) is 14.8 Å². The van der Waals surface area contributed by atoms with Crippen LogP contribution in [-0.4, -0.2) is 42.5 Å². The number of carbonyl (C=O) groups is 1. The van der Waals surface area contributed by atoms with Crippen LogP contribution in [0.3, 0.4) is 0 Å². The van der Waals surface area contributed by atoms with Gasteiger partial charge in [0, 0.05) is 23.1 Å². The van der Waals surface area contributed by atoms with Crippen molar-refractivity contribution in [3.05, 3.63) is 41.4 Å². The Morgan fingerprint density at radius 1 is 1.34 bits per heavy atom. The second-order valence-corrected chi connectivity index (χ2v) is 10.9. The van der Waals surface area contributed by atoms with Crippen molar-refractivity contribution in [2.24, 2.45) is 10.7 Å². The number of rotatable bonds is 7. The van der Waals surface area contributed by atoms with Gasteiger partial charge >= 0.3 is 6.36 Å². The van der Waals surface area contributed by atoms with Gasteiger partial charge in [0.15, 0.2) is 0 Å². The van der Waals surface area contributed by atoms with E-state index >= 15 is 0 Å². The average Bonchev–Trinajstić information content (AvgIpc) is 3.40. The number of halogens is 3. The number of anilines is 1. The minimum atomic E-state index is -4.95. The monoisotopic (exact) mass is 504 g/mol. The molecular weight excluding hydrogens is 489 g/mol. The molecule has 3 aromatic rings. The summed E-state index contributed by atoms with van der Waals surface area (Å²) < 4.78 is 70.1. The molecule has 0 fully saturated rings. The minimum Gasteiger partial charge on any atom is -0.406 e. The third-order valence-electron chi connectivity index (χ3n) is 4.32. The molecule has 1 aliphatic rings. The van der Waals surface area contributed by atoms with Gasteiger partial charge in [-0.05, 0) is 23.6 Å². The predicted molar refractivity (Wildman–Crippen MR) is 117 cm³/mol. The molecule has 4 rings (SSSR count). The van der Waals surface area contributed by atoms with Gasteiger partial charge in [0.1, 0.15) is 15.0 Å². The van der Waals surface area contributed by atoms with Crippen LogP contribution < -0.4 is 15.2 Å². The van der Waals surface area contributed by atoms with E-state index in [4.69, 9.17) is 5.73 Å². The number of fused-ring (bicyclic) bond motifs is 1. The number of primary amides is 1. The first kappa shape index (κ1) is 22.5. The molecule has 3 heterocycles. The van der Waals surface area contributed by atoms with Gasteiger partial charge in [0.2, 0.25) is 5.91 Å². The van der Waals surface area contributed by atoms with Gasteiger partial charge in [-0.1, -0.05) is 17.8 Å². The van der Waals surface area contributed by atoms with Crippen molar-refractivity contribution in [1.29, 1.82) is 0 Å². The molecule has 0 aliphatic carbocycles. The van der Waals surface area contributed by atoms with E-state index < -0.39 is 28.0 Å². The number of nitrogens with zero attached hydrogens (tertiary/aromatic N) is 1. The summed E-state index contributed by atoms with van der Waals surface area (Å²) in [7, 11) is -4.03. The lowest BCUT2D eigenvalue weighted by Gasteiger charge is -2.12. The van der Waals surface area contributed by atoms with Crippen molar-refractivity contribution >= 4 is 60.7 Å². The maximum atomic E-state index is 12.8. The van der Waals surface area contributed by atoms with Crippen molar-refractivity contribution in [1.82, 2.24) is 4.98 Å². The Balaban J connectivity index is 1.73. The van der Waals surface area contributed by atoms with Crippen molar-refractivity contribution in [2.75, 3.05) is 11.3 Å². The number of aromatic amines is 1. The summed E-state index contributed by atoms with van der Waals surface area (Å²) in [5.74, 6) is -1.04. The van der Waals surface area contributed by atoms with Crippen LogP contribution in [0.5, 0.6) is 5.75 Å².